The average molecular weight is 261 g/mol. The molecule has 0 aliphatic rings. The van der Waals surface area contributed by atoms with Crippen LogP contribution in [0.1, 0.15) is 17.2 Å². The van der Waals surface area contributed by atoms with E-state index in [0.717, 1.165) is 0 Å². The number of halogens is 1. The Hall–Kier alpha value is -2.07. The van der Waals surface area contributed by atoms with Gasteiger partial charge in [0.2, 0.25) is 0 Å². The molecule has 2 aromatic rings. The summed E-state index contributed by atoms with van der Waals surface area (Å²) in [5.41, 5.74) is 7.31. The molecule has 19 heavy (non-hydrogen) atoms. The van der Waals surface area contributed by atoms with E-state index in [1.54, 1.807) is 42.5 Å². The summed E-state index contributed by atoms with van der Waals surface area (Å²) in [6.45, 7) is 0. The summed E-state index contributed by atoms with van der Waals surface area (Å²) in [7, 11) is 1.41. The molecular formula is C15H16FNO2. The van der Waals surface area contributed by atoms with Crippen LogP contribution in [-0.4, -0.2) is 12.2 Å². The SMILES string of the molecule is COc1cccc(CC(O)c2cccc(N)c2)c1F. The van der Waals surface area contributed by atoms with Crippen molar-refractivity contribution < 1.29 is 14.2 Å². The fraction of sp³-hybridized carbons (Fsp3) is 0.200. The van der Waals surface area contributed by atoms with Gasteiger partial charge in [-0.3, -0.25) is 0 Å². The molecule has 0 aliphatic carbocycles. The lowest BCUT2D eigenvalue weighted by molar-refractivity contribution is 0.177. The number of hydrogen-bond donors (Lipinski definition) is 2. The number of rotatable bonds is 4. The van der Waals surface area contributed by atoms with Crippen molar-refractivity contribution in [2.45, 2.75) is 12.5 Å². The minimum Gasteiger partial charge on any atom is -0.494 e. The zero-order valence-corrected chi connectivity index (χ0v) is 10.6. The highest BCUT2D eigenvalue weighted by Gasteiger charge is 2.14. The summed E-state index contributed by atoms with van der Waals surface area (Å²) in [6, 6.07) is 11.8. The largest absolute Gasteiger partial charge is 0.494 e. The van der Waals surface area contributed by atoms with Crippen LogP contribution in [0.5, 0.6) is 5.75 Å². The van der Waals surface area contributed by atoms with E-state index in [9.17, 15) is 9.50 Å². The van der Waals surface area contributed by atoms with E-state index in [0.29, 0.717) is 16.8 Å². The van der Waals surface area contributed by atoms with Gasteiger partial charge < -0.3 is 15.6 Å². The van der Waals surface area contributed by atoms with Gasteiger partial charge >= 0.3 is 0 Å². The second kappa shape index (κ2) is 5.71. The Morgan fingerprint density at radius 1 is 1.26 bits per heavy atom. The molecule has 0 saturated heterocycles. The van der Waals surface area contributed by atoms with Crippen LogP contribution in [0.3, 0.4) is 0 Å². The van der Waals surface area contributed by atoms with Gasteiger partial charge in [0.05, 0.1) is 13.2 Å². The summed E-state index contributed by atoms with van der Waals surface area (Å²) < 4.78 is 18.9. The van der Waals surface area contributed by atoms with E-state index in [4.69, 9.17) is 10.5 Å². The van der Waals surface area contributed by atoms with E-state index < -0.39 is 11.9 Å². The maximum atomic E-state index is 14.0. The molecule has 1 atom stereocenters. The first kappa shape index (κ1) is 13.4. The van der Waals surface area contributed by atoms with Crippen molar-refractivity contribution in [1.82, 2.24) is 0 Å². The molecule has 0 heterocycles. The Morgan fingerprint density at radius 3 is 2.68 bits per heavy atom. The van der Waals surface area contributed by atoms with E-state index in [-0.39, 0.29) is 12.2 Å². The number of ether oxygens (including phenoxy) is 1. The minimum atomic E-state index is -0.801. The third-order valence-electron chi connectivity index (χ3n) is 2.97. The molecule has 100 valence electrons. The number of nitrogens with two attached hydrogens (primary N) is 1. The first-order valence-corrected chi connectivity index (χ1v) is 5.96. The zero-order chi connectivity index (χ0) is 13.8. The van der Waals surface area contributed by atoms with E-state index in [1.807, 2.05) is 0 Å². The monoisotopic (exact) mass is 261 g/mol. The molecule has 0 fully saturated rings. The molecule has 2 aromatic carbocycles. The molecule has 0 aromatic heterocycles. The quantitative estimate of drug-likeness (QED) is 0.832. The van der Waals surface area contributed by atoms with Crippen molar-refractivity contribution in [3.8, 4) is 5.75 Å². The summed E-state index contributed by atoms with van der Waals surface area (Å²) in [5.74, 6) is -0.259. The molecule has 0 saturated carbocycles. The zero-order valence-electron chi connectivity index (χ0n) is 10.6. The van der Waals surface area contributed by atoms with Gasteiger partial charge in [-0.05, 0) is 29.3 Å². The Balaban J connectivity index is 2.21. The van der Waals surface area contributed by atoms with Gasteiger partial charge in [0.25, 0.3) is 0 Å². The van der Waals surface area contributed by atoms with Crippen LogP contribution < -0.4 is 10.5 Å². The Morgan fingerprint density at radius 2 is 2.00 bits per heavy atom. The van der Waals surface area contributed by atoms with E-state index in [1.165, 1.54) is 7.11 Å². The number of methoxy groups -OCH3 is 1. The molecule has 0 bridgehead atoms. The van der Waals surface area contributed by atoms with Crippen molar-refractivity contribution in [3.63, 3.8) is 0 Å². The molecule has 0 radical (unpaired) electrons. The predicted octanol–water partition coefficient (Wildman–Crippen LogP) is 2.69. The van der Waals surface area contributed by atoms with Gasteiger partial charge in [0.15, 0.2) is 11.6 Å². The summed E-state index contributed by atoms with van der Waals surface area (Å²) >= 11 is 0. The molecule has 0 aliphatic heterocycles. The van der Waals surface area contributed by atoms with Crippen molar-refractivity contribution in [2.24, 2.45) is 0 Å². The number of anilines is 1. The predicted molar refractivity (Wildman–Crippen MR) is 72.5 cm³/mol. The highest BCUT2D eigenvalue weighted by atomic mass is 19.1. The van der Waals surface area contributed by atoms with Crippen LogP contribution in [-0.2, 0) is 6.42 Å². The fourth-order valence-corrected chi connectivity index (χ4v) is 1.96. The van der Waals surface area contributed by atoms with E-state index in [2.05, 4.69) is 0 Å². The van der Waals surface area contributed by atoms with Gasteiger partial charge in [-0.25, -0.2) is 4.39 Å². The Kier molecular flexibility index (Phi) is 4.02. The van der Waals surface area contributed by atoms with Crippen LogP contribution in [0.25, 0.3) is 0 Å². The number of benzene rings is 2. The summed E-state index contributed by atoms with van der Waals surface area (Å²) in [6.07, 6.45) is -0.628. The number of aliphatic hydroxyl groups excluding tert-OH is 1. The van der Waals surface area contributed by atoms with Gasteiger partial charge in [-0.1, -0.05) is 24.3 Å². The first-order valence-electron chi connectivity index (χ1n) is 5.96. The highest BCUT2D eigenvalue weighted by Crippen LogP contribution is 2.25. The van der Waals surface area contributed by atoms with Gasteiger partial charge in [0.1, 0.15) is 0 Å². The van der Waals surface area contributed by atoms with Crippen molar-refractivity contribution in [3.05, 3.63) is 59.4 Å². The average Bonchev–Trinajstić information content (AvgIpc) is 2.41. The van der Waals surface area contributed by atoms with Gasteiger partial charge in [-0.2, -0.15) is 0 Å². The standard InChI is InChI=1S/C15H16FNO2/c1-19-14-7-3-5-11(15(14)16)9-13(18)10-4-2-6-12(17)8-10/h2-8,13,18H,9,17H2,1H3. The number of hydrogen-bond acceptors (Lipinski definition) is 3. The Labute approximate surface area is 111 Å². The second-order valence-corrected chi connectivity index (χ2v) is 4.32. The van der Waals surface area contributed by atoms with Gasteiger partial charge in [-0.15, -0.1) is 0 Å². The third kappa shape index (κ3) is 3.03. The lowest BCUT2D eigenvalue weighted by atomic mass is 10.0. The summed E-state index contributed by atoms with van der Waals surface area (Å²) in [5, 5.41) is 10.1. The van der Waals surface area contributed by atoms with Crippen LogP contribution in [0.15, 0.2) is 42.5 Å². The van der Waals surface area contributed by atoms with Crippen molar-refractivity contribution in [2.75, 3.05) is 12.8 Å². The minimum absolute atomic E-state index is 0.173. The maximum absolute atomic E-state index is 14.0. The molecule has 3 N–H and O–H groups in total. The van der Waals surface area contributed by atoms with Crippen molar-refractivity contribution >= 4 is 5.69 Å². The molecule has 0 spiro atoms. The van der Waals surface area contributed by atoms with Crippen LogP contribution >= 0.6 is 0 Å². The number of aliphatic hydroxyl groups is 1. The molecule has 3 nitrogen and oxygen atoms in total. The lowest BCUT2D eigenvalue weighted by Gasteiger charge is -2.13. The van der Waals surface area contributed by atoms with Crippen LogP contribution in [0.2, 0.25) is 0 Å². The molecule has 4 heteroatoms. The molecule has 1 unspecified atom stereocenters. The molecular weight excluding hydrogens is 245 g/mol. The molecule has 2 rings (SSSR count). The van der Waals surface area contributed by atoms with Crippen molar-refractivity contribution in [1.29, 1.82) is 0 Å². The fourth-order valence-electron chi connectivity index (χ4n) is 1.96. The summed E-state index contributed by atoms with van der Waals surface area (Å²) in [4.78, 5) is 0. The smallest absolute Gasteiger partial charge is 0.168 e. The Bertz CT molecular complexity index is 572. The third-order valence-corrected chi connectivity index (χ3v) is 2.97. The van der Waals surface area contributed by atoms with Crippen LogP contribution in [0, 0.1) is 5.82 Å². The normalized spacial score (nSPS) is 12.2. The maximum Gasteiger partial charge on any atom is 0.168 e. The van der Waals surface area contributed by atoms with Crippen LogP contribution in [0.4, 0.5) is 10.1 Å². The topological polar surface area (TPSA) is 55.5 Å². The second-order valence-electron chi connectivity index (χ2n) is 4.32. The molecule has 0 amide bonds. The van der Waals surface area contributed by atoms with E-state index >= 15 is 0 Å². The lowest BCUT2D eigenvalue weighted by Crippen LogP contribution is -2.05. The highest BCUT2D eigenvalue weighted by molar-refractivity contribution is 5.42. The first-order chi connectivity index (χ1) is 9.11. The number of nitrogen functional groups attached to an aromatic ring is 1. The van der Waals surface area contributed by atoms with Gasteiger partial charge in [0, 0.05) is 12.1 Å².